The van der Waals surface area contributed by atoms with E-state index < -0.39 is 18.3 Å². The summed E-state index contributed by atoms with van der Waals surface area (Å²) in [6.07, 6.45) is -2.24. The first-order valence-corrected chi connectivity index (χ1v) is 3.13. The molecular formula is C7H6F2O2. The smallest absolute Gasteiger partial charge is 0.307 e. The second-order valence-electron chi connectivity index (χ2n) is 2.38. The van der Waals surface area contributed by atoms with Gasteiger partial charge in [-0.05, 0) is 12.3 Å². The zero-order valence-electron chi connectivity index (χ0n) is 5.55. The highest BCUT2D eigenvalue weighted by Crippen LogP contribution is 2.37. The predicted molar refractivity (Wildman–Crippen MR) is 33.0 cm³/mol. The van der Waals surface area contributed by atoms with Gasteiger partial charge < -0.3 is 5.11 Å². The van der Waals surface area contributed by atoms with Crippen LogP contribution in [-0.2, 0) is 4.79 Å². The van der Waals surface area contributed by atoms with E-state index in [0.717, 1.165) is 0 Å². The van der Waals surface area contributed by atoms with Gasteiger partial charge in [0.2, 0.25) is 0 Å². The van der Waals surface area contributed by atoms with E-state index in [9.17, 15) is 13.6 Å². The van der Waals surface area contributed by atoms with Crippen LogP contribution in [0.1, 0.15) is 6.42 Å². The second kappa shape index (κ2) is 2.87. The quantitative estimate of drug-likeness (QED) is 0.580. The molecule has 0 aliphatic heterocycles. The van der Waals surface area contributed by atoms with E-state index in [4.69, 9.17) is 5.11 Å². The first-order valence-electron chi connectivity index (χ1n) is 3.13. The fraction of sp³-hybridized carbons (Fsp3) is 0.571. The highest BCUT2D eigenvalue weighted by atomic mass is 19.3. The highest BCUT2D eigenvalue weighted by Gasteiger charge is 2.42. The lowest BCUT2D eigenvalue weighted by Gasteiger charge is -1.82. The lowest BCUT2D eigenvalue weighted by Crippen LogP contribution is -1.98. The normalized spacial score (nSPS) is 27.5. The molecule has 0 aromatic carbocycles. The Kier molecular flexibility index (Phi) is 2.08. The Hall–Kier alpha value is -1.11. The molecule has 0 spiro atoms. The van der Waals surface area contributed by atoms with Crippen LogP contribution in [0.3, 0.4) is 0 Å². The second-order valence-corrected chi connectivity index (χ2v) is 2.38. The predicted octanol–water partition coefficient (Wildman–Crippen LogP) is 0.976. The molecule has 1 rings (SSSR count). The molecule has 1 aliphatic carbocycles. The van der Waals surface area contributed by atoms with Crippen molar-refractivity contribution in [2.75, 3.05) is 0 Å². The Bertz CT molecular complexity index is 226. The van der Waals surface area contributed by atoms with E-state index in [1.165, 1.54) is 0 Å². The summed E-state index contributed by atoms with van der Waals surface area (Å²) in [6, 6.07) is 0. The molecule has 0 amide bonds. The third-order valence-electron chi connectivity index (χ3n) is 1.49. The van der Waals surface area contributed by atoms with E-state index in [1.54, 1.807) is 5.92 Å². The van der Waals surface area contributed by atoms with Crippen molar-refractivity contribution < 1.29 is 18.7 Å². The third-order valence-corrected chi connectivity index (χ3v) is 1.49. The van der Waals surface area contributed by atoms with Gasteiger partial charge in [-0.15, -0.1) is 0 Å². The van der Waals surface area contributed by atoms with Crippen molar-refractivity contribution >= 4 is 5.97 Å². The van der Waals surface area contributed by atoms with E-state index in [-0.39, 0.29) is 5.92 Å². The van der Waals surface area contributed by atoms with Gasteiger partial charge in [0.15, 0.2) is 0 Å². The number of carbonyl (C=O) groups is 1. The standard InChI is InChI=1S/C7H6F2O2/c8-6(9)2-1-4-3-5(4)7(10)11/h4-6H,3H2,(H,10,11)/t4-,5-/m0/s1. The zero-order chi connectivity index (χ0) is 8.43. The molecule has 0 unspecified atom stereocenters. The Labute approximate surface area is 62.2 Å². The number of alkyl halides is 2. The van der Waals surface area contributed by atoms with Gasteiger partial charge >= 0.3 is 5.97 Å². The molecule has 4 heteroatoms. The molecule has 0 aromatic rings. The van der Waals surface area contributed by atoms with Crippen molar-refractivity contribution in [2.45, 2.75) is 12.8 Å². The lowest BCUT2D eigenvalue weighted by molar-refractivity contribution is -0.138. The van der Waals surface area contributed by atoms with E-state index in [0.29, 0.717) is 6.42 Å². The molecule has 0 aromatic heterocycles. The summed E-state index contributed by atoms with van der Waals surface area (Å²) in [7, 11) is 0. The number of carboxylic acids is 1. The van der Waals surface area contributed by atoms with Crippen LogP contribution in [0.2, 0.25) is 0 Å². The molecule has 2 nitrogen and oxygen atoms in total. The maximum Gasteiger partial charge on any atom is 0.307 e. The summed E-state index contributed by atoms with van der Waals surface area (Å²) in [4.78, 5) is 10.2. The van der Waals surface area contributed by atoms with Gasteiger partial charge in [0.05, 0.1) is 5.92 Å². The van der Waals surface area contributed by atoms with Crippen molar-refractivity contribution in [3.8, 4) is 11.8 Å². The molecule has 0 saturated heterocycles. The van der Waals surface area contributed by atoms with Crippen LogP contribution in [0, 0.1) is 23.7 Å². The summed E-state index contributed by atoms with van der Waals surface area (Å²) < 4.78 is 22.9. The van der Waals surface area contributed by atoms with Crippen molar-refractivity contribution in [3.63, 3.8) is 0 Å². The number of hydrogen-bond acceptors (Lipinski definition) is 1. The minimum absolute atomic E-state index is 0.346. The Morgan fingerprint density at radius 3 is 2.64 bits per heavy atom. The van der Waals surface area contributed by atoms with Crippen molar-refractivity contribution in [3.05, 3.63) is 0 Å². The average Bonchev–Trinajstić information content (AvgIpc) is 2.61. The minimum atomic E-state index is -2.65. The van der Waals surface area contributed by atoms with Crippen LogP contribution in [0.25, 0.3) is 0 Å². The first kappa shape index (κ1) is 7.99. The molecule has 1 fully saturated rings. The van der Waals surface area contributed by atoms with Crippen LogP contribution < -0.4 is 0 Å². The van der Waals surface area contributed by atoms with Gasteiger partial charge in [-0.2, -0.15) is 8.78 Å². The minimum Gasteiger partial charge on any atom is -0.481 e. The summed E-state index contributed by atoms with van der Waals surface area (Å²) in [5.74, 6) is 2.05. The molecule has 11 heavy (non-hydrogen) atoms. The van der Waals surface area contributed by atoms with Crippen LogP contribution in [0.5, 0.6) is 0 Å². The molecule has 0 heterocycles. The van der Waals surface area contributed by atoms with Gasteiger partial charge in [-0.25, -0.2) is 0 Å². The summed E-state index contributed by atoms with van der Waals surface area (Å²) >= 11 is 0. The zero-order valence-corrected chi connectivity index (χ0v) is 5.55. The molecule has 1 N–H and O–H groups in total. The Balaban J connectivity index is 2.35. The maximum atomic E-state index is 11.4. The Morgan fingerprint density at radius 2 is 2.27 bits per heavy atom. The third kappa shape index (κ3) is 2.19. The molecular weight excluding hydrogens is 154 g/mol. The van der Waals surface area contributed by atoms with E-state index >= 15 is 0 Å². The molecule has 0 radical (unpaired) electrons. The Morgan fingerprint density at radius 1 is 1.64 bits per heavy atom. The van der Waals surface area contributed by atoms with Gasteiger partial charge in [0, 0.05) is 5.92 Å². The van der Waals surface area contributed by atoms with Gasteiger partial charge in [-0.3, -0.25) is 4.79 Å². The highest BCUT2D eigenvalue weighted by molar-refractivity contribution is 5.74. The monoisotopic (exact) mass is 160 g/mol. The summed E-state index contributed by atoms with van der Waals surface area (Å²) in [5.41, 5.74) is 0. The largest absolute Gasteiger partial charge is 0.481 e. The fourth-order valence-corrected chi connectivity index (χ4v) is 0.797. The SMILES string of the molecule is O=C(O)[C@H]1C[C@@H]1C#CC(F)F. The van der Waals surface area contributed by atoms with E-state index in [1.807, 2.05) is 0 Å². The summed E-state index contributed by atoms with van der Waals surface area (Å²) in [6.45, 7) is 0. The molecule has 0 bridgehead atoms. The molecule has 60 valence electrons. The van der Waals surface area contributed by atoms with Crippen molar-refractivity contribution in [1.29, 1.82) is 0 Å². The number of hydrogen-bond donors (Lipinski definition) is 1. The van der Waals surface area contributed by atoms with Crippen LogP contribution in [-0.4, -0.2) is 17.5 Å². The van der Waals surface area contributed by atoms with Crippen molar-refractivity contribution in [1.82, 2.24) is 0 Å². The van der Waals surface area contributed by atoms with Crippen LogP contribution in [0.15, 0.2) is 0 Å². The lowest BCUT2D eigenvalue weighted by atomic mass is 10.3. The van der Waals surface area contributed by atoms with Crippen molar-refractivity contribution in [2.24, 2.45) is 11.8 Å². The van der Waals surface area contributed by atoms with E-state index in [2.05, 4.69) is 5.92 Å². The van der Waals surface area contributed by atoms with Gasteiger partial charge in [0.25, 0.3) is 6.43 Å². The number of halogens is 2. The number of rotatable bonds is 1. The molecule has 1 aliphatic rings. The van der Waals surface area contributed by atoms with Gasteiger partial charge in [-0.1, -0.05) is 5.92 Å². The maximum absolute atomic E-state index is 11.4. The van der Waals surface area contributed by atoms with Crippen LogP contribution >= 0.6 is 0 Å². The molecule has 1 saturated carbocycles. The fourth-order valence-electron chi connectivity index (χ4n) is 0.797. The average molecular weight is 160 g/mol. The number of aliphatic carboxylic acids is 1. The first-order chi connectivity index (χ1) is 5.11. The summed E-state index contributed by atoms with van der Waals surface area (Å²) in [5, 5.41) is 8.33. The molecule has 2 atom stereocenters. The van der Waals surface area contributed by atoms with Gasteiger partial charge in [0.1, 0.15) is 0 Å². The van der Waals surface area contributed by atoms with Crippen LogP contribution in [0.4, 0.5) is 8.78 Å². The number of carboxylic acid groups (broad SMARTS) is 1. The topological polar surface area (TPSA) is 37.3 Å².